The van der Waals surface area contributed by atoms with Crippen LogP contribution in [-0.4, -0.2) is 13.1 Å². The number of hydrogen-bond donors (Lipinski definition) is 0. The molecule has 0 saturated heterocycles. The highest BCUT2D eigenvalue weighted by Gasteiger charge is 2.16. The standard InChI is InChI=1S/C28H23NO4/c1-3-29(4-2)20-14-13-19-15-24(28(31)32-25(19)16-20)22-12-8-11-21-23(17-26(30)33-27(21)22)18-9-6-5-7-10-18/h5-17H,3-4H2,1-2H3. The van der Waals surface area contributed by atoms with Crippen molar-refractivity contribution in [2.75, 3.05) is 18.0 Å². The first-order chi connectivity index (χ1) is 16.1. The third-order valence-electron chi connectivity index (χ3n) is 5.99. The summed E-state index contributed by atoms with van der Waals surface area (Å²) in [5.41, 5.74) is 3.52. The minimum Gasteiger partial charge on any atom is -0.422 e. The first kappa shape index (κ1) is 20.8. The van der Waals surface area contributed by atoms with Crippen LogP contribution in [0.15, 0.2) is 97.3 Å². The molecule has 2 aromatic heterocycles. The molecule has 0 aliphatic carbocycles. The van der Waals surface area contributed by atoms with Crippen molar-refractivity contribution in [3.8, 4) is 22.3 Å². The molecular weight excluding hydrogens is 414 g/mol. The lowest BCUT2D eigenvalue weighted by molar-refractivity contribution is 0.556. The van der Waals surface area contributed by atoms with Gasteiger partial charge in [-0.1, -0.05) is 48.5 Å². The maximum absolute atomic E-state index is 13.0. The molecule has 33 heavy (non-hydrogen) atoms. The highest BCUT2D eigenvalue weighted by Crippen LogP contribution is 2.33. The molecule has 0 atom stereocenters. The number of fused-ring (bicyclic) bond motifs is 2. The molecule has 0 fully saturated rings. The summed E-state index contributed by atoms with van der Waals surface area (Å²) >= 11 is 0. The lowest BCUT2D eigenvalue weighted by Gasteiger charge is -2.21. The second-order valence-electron chi connectivity index (χ2n) is 7.87. The molecule has 3 aromatic carbocycles. The van der Waals surface area contributed by atoms with Gasteiger partial charge >= 0.3 is 11.3 Å². The molecular formula is C28H23NO4. The van der Waals surface area contributed by atoms with Gasteiger partial charge in [-0.05, 0) is 43.2 Å². The van der Waals surface area contributed by atoms with E-state index < -0.39 is 11.3 Å². The molecule has 5 aromatic rings. The zero-order valence-corrected chi connectivity index (χ0v) is 18.5. The zero-order valence-electron chi connectivity index (χ0n) is 18.5. The summed E-state index contributed by atoms with van der Waals surface area (Å²) < 4.78 is 11.3. The number of rotatable bonds is 5. The van der Waals surface area contributed by atoms with E-state index in [1.54, 1.807) is 12.1 Å². The minimum atomic E-state index is -0.473. The fourth-order valence-electron chi connectivity index (χ4n) is 4.33. The molecule has 5 rings (SSSR count). The molecule has 0 N–H and O–H groups in total. The van der Waals surface area contributed by atoms with Gasteiger partial charge in [-0.25, -0.2) is 9.59 Å². The molecule has 5 heteroatoms. The Balaban J connectivity index is 1.72. The van der Waals surface area contributed by atoms with Crippen LogP contribution < -0.4 is 16.2 Å². The molecule has 5 nitrogen and oxygen atoms in total. The first-order valence-electron chi connectivity index (χ1n) is 11.0. The van der Waals surface area contributed by atoms with Crippen LogP contribution in [0.3, 0.4) is 0 Å². The quantitative estimate of drug-likeness (QED) is 0.312. The predicted molar refractivity (Wildman–Crippen MR) is 133 cm³/mol. The van der Waals surface area contributed by atoms with Crippen LogP contribution in [0.5, 0.6) is 0 Å². The molecule has 0 aliphatic heterocycles. The second kappa shape index (κ2) is 8.43. The Morgan fingerprint density at radius 1 is 0.727 bits per heavy atom. The average Bonchev–Trinajstić information content (AvgIpc) is 2.84. The van der Waals surface area contributed by atoms with Crippen LogP contribution in [-0.2, 0) is 0 Å². The lowest BCUT2D eigenvalue weighted by Crippen LogP contribution is -2.21. The van der Waals surface area contributed by atoms with Gasteiger partial charge in [0, 0.05) is 47.2 Å². The maximum Gasteiger partial charge on any atom is 0.344 e. The van der Waals surface area contributed by atoms with Crippen molar-refractivity contribution in [1.82, 2.24) is 0 Å². The van der Waals surface area contributed by atoms with Crippen molar-refractivity contribution in [2.24, 2.45) is 0 Å². The Morgan fingerprint density at radius 2 is 1.52 bits per heavy atom. The summed E-state index contributed by atoms with van der Waals surface area (Å²) in [6.45, 7) is 5.90. The third-order valence-corrected chi connectivity index (χ3v) is 5.99. The first-order valence-corrected chi connectivity index (χ1v) is 11.0. The van der Waals surface area contributed by atoms with Crippen molar-refractivity contribution in [3.05, 3.63) is 99.7 Å². The Hall–Kier alpha value is -4.12. The minimum absolute atomic E-state index is 0.358. The maximum atomic E-state index is 13.0. The third kappa shape index (κ3) is 3.72. The van der Waals surface area contributed by atoms with Gasteiger partial charge in [0.25, 0.3) is 0 Å². The number of nitrogens with zero attached hydrogens (tertiary/aromatic N) is 1. The van der Waals surface area contributed by atoms with Crippen molar-refractivity contribution in [2.45, 2.75) is 13.8 Å². The van der Waals surface area contributed by atoms with Crippen LogP contribution in [0.1, 0.15) is 13.8 Å². The number of hydrogen-bond acceptors (Lipinski definition) is 5. The van der Waals surface area contributed by atoms with Gasteiger partial charge in [-0.2, -0.15) is 0 Å². The predicted octanol–water partition coefficient (Wildman–Crippen LogP) is 6.08. The van der Waals surface area contributed by atoms with Crippen molar-refractivity contribution in [1.29, 1.82) is 0 Å². The van der Waals surface area contributed by atoms with E-state index in [9.17, 15) is 9.59 Å². The van der Waals surface area contributed by atoms with Crippen molar-refractivity contribution in [3.63, 3.8) is 0 Å². The van der Waals surface area contributed by atoms with E-state index >= 15 is 0 Å². The number of benzene rings is 3. The Bertz CT molecular complexity index is 1580. The zero-order chi connectivity index (χ0) is 22.9. The van der Waals surface area contributed by atoms with E-state index in [-0.39, 0.29) is 0 Å². The Kier molecular flexibility index (Phi) is 5.31. The van der Waals surface area contributed by atoms with Gasteiger partial charge in [-0.3, -0.25) is 0 Å². The molecule has 0 amide bonds. The average molecular weight is 437 g/mol. The van der Waals surface area contributed by atoms with E-state index in [1.807, 2.05) is 60.7 Å². The van der Waals surface area contributed by atoms with Crippen molar-refractivity contribution >= 4 is 27.6 Å². The van der Waals surface area contributed by atoms with E-state index in [4.69, 9.17) is 8.83 Å². The molecule has 0 saturated carbocycles. The van der Waals surface area contributed by atoms with Crippen molar-refractivity contribution < 1.29 is 8.83 Å². The number of anilines is 1. The largest absolute Gasteiger partial charge is 0.422 e. The summed E-state index contributed by atoms with van der Waals surface area (Å²) in [5, 5.41) is 1.56. The van der Waals surface area contributed by atoms with Crippen LogP contribution >= 0.6 is 0 Å². The van der Waals surface area contributed by atoms with E-state index in [1.165, 1.54) is 6.07 Å². The lowest BCUT2D eigenvalue weighted by atomic mass is 9.97. The van der Waals surface area contributed by atoms with Gasteiger partial charge < -0.3 is 13.7 Å². The molecule has 0 radical (unpaired) electrons. The van der Waals surface area contributed by atoms with Crippen LogP contribution in [0.25, 0.3) is 44.2 Å². The van der Waals surface area contributed by atoms with Gasteiger partial charge in [0.2, 0.25) is 0 Å². The Labute approximate surface area is 190 Å². The fraction of sp³-hybridized carbons (Fsp3) is 0.143. The highest BCUT2D eigenvalue weighted by atomic mass is 16.4. The molecule has 0 bridgehead atoms. The SMILES string of the molecule is CCN(CC)c1ccc2cc(-c3cccc4c(-c5ccccc5)cc(=O)oc34)c(=O)oc2c1. The fourth-order valence-corrected chi connectivity index (χ4v) is 4.33. The normalized spacial score (nSPS) is 11.2. The van der Waals surface area contributed by atoms with Crippen LogP contribution in [0.4, 0.5) is 5.69 Å². The summed E-state index contributed by atoms with van der Waals surface area (Å²) in [5.74, 6) is 0. The molecule has 0 spiro atoms. The second-order valence-corrected chi connectivity index (χ2v) is 7.87. The number of para-hydroxylation sites is 1. The monoisotopic (exact) mass is 437 g/mol. The Morgan fingerprint density at radius 3 is 2.27 bits per heavy atom. The highest BCUT2D eigenvalue weighted by molar-refractivity contribution is 6.01. The smallest absolute Gasteiger partial charge is 0.344 e. The molecule has 0 unspecified atom stereocenters. The van der Waals surface area contributed by atoms with Gasteiger partial charge in [0.05, 0.1) is 5.56 Å². The summed E-state index contributed by atoms with van der Waals surface area (Å²) in [6, 6.07) is 24.3. The summed E-state index contributed by atoms with van der Waals surface area (Å²) in [7, 11) is 0. The summed E-state index contributed by atoms with van der Waals surface area (Å²) in [6.07, 6.45) is 0. The van der Waals surface area contributed by atoms with E-state index in [0.717, 1.165) is 40.7 Å². The van der Waals surface area contributed by atoms with Crippen LogP contribution in [0, 0.1) is 0 Å². The molecule has 0 aliphatic rings. The molecule has 2 heterocycles. The van der Waals surface area contributed by atoms with E-state index in [2.05, 4.69) is 18.7 Å². The van der Waals surface area contributed by atoms with Gasteiger partial charge in [-0.15, -0.1) is 0 Å². The van der Waals surface area contributed by atoms with Crippen LogP contribution in [0.2, 0.25) is 0 Å². The van der Waals surface area contributed by atoms with Gasteiger partial charge in [0.15, 0.2) is 0 Å². The van der Waals surface area contributed by atoms with E-state index in [0.29, 0.717) is 22.3 Å². The molecule has 164 valence electrons. The topological polar surface area (TPSA) is 63.7 Å². The summed E-state index contributed by atoms with van der Waals surface area (Å²) in [4.78, 5) is 27.7. The van der Waals surface area contributed by atoms with Gasteiger partial charge in [0.1, 0.15) is 11.2 Å².